The summed E-state index contributed by atoms with van der Waals surface area (Å²) in [7, 11) is 1.09. The molecule has 0 atom stereocenters. The lowest BCUT2D eigenvalue weighted by molar-refractivity contribution is -0.137. The summed E-state index contributed by atoms with van der Waals surface area (Å²) in [6.07, 6.45) is -4.59. The minimum Gasteiger partial charge on any atom is -0.465 e. The molecule has 0 heterocycles. The van der Waals surface area contributed by atoms with Crippen molar-refractivity contribution in [1.82, 2.24) is 0 Å². The number of methoxy groups -OCH3 is 1. The summed E-state index contributed by atoms with van der Waals surface area (Å²) < 4.78 is 41.9. The molecule has 1 aromatic carbocycles. The van der Waals surface area contributed by atoms with E-state index in [-0.39, 0.29) is 23.7 Å². The minimum atomic E-state index is -4.59. The van der Waals surface area contributed by atoms with Gasteiger partial charge in [0.1, 0.15) is 0 Å². The van der Waals surface area contributed by atoms with Gasteiger partial charge in [-0.15, -0.1) is 12.4 Å². The van der Waals surface area contributed by atoms with E-state index in [2.05, 4.69) is 4.74 Å². The molecule has 4 nitrogen and oxygen atoms in total. The van der Waals surface area contributed by atoms with Gasteiger partial charge in [0.25, 0.3) is 0 Å². The summed E-state index contributed by atoms with van der Waals surface area (Å²) in [6, 6.07) is 2.94. The van der Waals surface area contributed by atoms with Crippen molar-refractivity contribution in [2.75, 3.05) is 12.5 Å². The lowest BCUT2D eigenvalue weighted by Crippen LogP contribution is -2.16. The summed E-state index contributed by atoms with van der Waals surface area (Å²) in [5.41, 5.74) is 0.407. The molecule has 0 aromatic heterocycles. The molecule has 1 rings (SSSR count). The van der Waals surface area contributed by atoms with Crippen molar-refractivity contribution in [2.24, 2.45) is 5.84 Å². The average molecular weight is 271 g/mol. The number of carbonyl (C=O) groups is 1. The Morgan fingerprint density at radius 1 is 1.41 bits per heavy atom. The Labute approximate surface area is 101 Å². The fourth-order valence-electron chi connectivity index (χ4n) is 1.15. The highest BCUT2D eigenvalue weighted by Gasteiger charge is 2.34. The molecule has 0 unspecified atom stereocenters. The zero-order chi connectivity index (χ0) is 12.3. The number of ether oxygens (including phenoxy) is 1. The third-order valence-electron chi connectivity index (χ3n) is 1.90. The number of nitrogens with one attached hydrogen (secondary N) is 1. The topological polar surface area (TPSA) is 64.3 Å². The summed E-state index contributed by atoms with van der Waals surface area (Å²) in [5.74, 6) is 4.10. The molecule has 0 aliphatic heterocycles. The number of hydrazine groups is 1. The summed E-state index contributed by atoms with van der Waals surface area (Å²) in [4.78, 5) is 11.1. The number of nitrogens with two attached hydrogens (primary N) is 1. The zero-order valence-electron chi connectivity index (χ0n) is 8.67. The van der Waals surface area contributed by atoms with Crippen LogP contribution in [0.1, 0.15) is 15.9 Å². The Bertz CT molecular complexity index is 410. The minimum absolute atomic E-state index is 0. The molecule has 96 valence electrons. The Morgan fingerprint density at radius 3 is 2.41 bits per heavy atom. The monoisotopic (exact) mass is 270 g/mol. The van der Waals surface area contributed by atoms with E-state index in [1.54, 1.807) is 0 Å². The van der Waals surface area contributed by atoms with Crippen LogP contribution in [0.25, 0.3) is 0 Å². The van der Waals surface area contributed by atoms with E-state index in [1.807, 2.05) is 5.43 Å². The average Bonchev–Trinajstić information content (AvgIpc) is 2.26. The first-order valence-corrected chi connectivity index (χ1v) is 4.16. The van der Waals surface area contributed by atoms with Crippen molar-refractivity contribution >= 4 is 24.1 Å². The molecule has 1 aromatic rings. The first-order valence-electron chi connectivity index (χ1n) is 4.16. The maximum Gasteiger partial charge on any atom is 0.418 e. The van der Waals surface area contributed by atoms with Crippen LogP contribution < -0.4 is 11.3 Å². The molecule has 0 radical (unpaired) electrons. The van der Waals surface area contributed by atoms with Crippen molar-refractivity contribution in [2.45, 2.75) is 6.18 Å². The molecule has 0 bridgehead atoms. The number of esters is 1. The fourth-order valence-corrected chi connectivity index (χ4v) is 1.15. The maximum absolute atomic E-state index is 12.5. The normalized spacial score (nSPS) is 10.4. The van der Waals surface area contributed by atoms with Crippen LogP contribution >= 0.6 is 12.4 Å². The second-order valence-electron chi connectivity index (χ2n) is 2.89. The van der Waals surface area contributed by atoms with Crippen molar-refractivity contribution < 1.29 is 22.7 Å². The van der Waals surface area contributed by atoms with Gasteiger partial charge in [0.05, 0.1) is 23.9 Å². The Morgan fingerprint density at radius 2 is 2.00 bits per heavy atom. The molecular formula is C9H10ClF3N2O2. The van der Waals surface area contributed by atoms with Gasteiger partial charge in [-0.3, -0.25) is 5.84 Å². The molecule has 0 spiro atoms. The Kier molecular flexibility index (Phi) is 5.24. The highest BCUT2D eigenvalue weighted by atomic mass is 35.5. The predicted molar refractivity (Wildman–Crippen MR) is 57.8 cm³/mol. The Balaban J connectivity index is 0.00000256. The van der Waals surface area contributed by atoms with E-state index in [1.165, 1.54) is 6.07 Å². The van der Waals surface area contributed by atoms with E-state index < -0.39 is 17.7 Å². The van der Waals surface area contributed by atoms with Gasteiger partial charge in [0.2, 0.25) is 0 Å². The van der Waals surface area contributed by atoms with Crippen LogP contribution in [0.4, 0.5) is 18.9 Å². The second kappa shape index (κ2) is 5.74. The van der Waals surface area contributed by atoms with Crippen molar-refractivity contribution in [3.05, 3.63) is 29.3 Å². The molecule has 8 heteroatoms. The number of carbonyl (C=O) groups excluding carboxylic acids is 1. The van der Waals surface area contributed by atoms with E-state index in [0.29, 0.717) is 6.07 Å². The maximum atomic E-state index is 12.5. The number of alkyl halides is 3. The quantitative estimate of drug-likeness (QED) is 0.491. The molecule has 0 saturated carbocycles. The Hall–Kier alpha value is -1.47. The predicted octanol–water partition coefficient (Wildman–Crippen LogP) is 2.20. The third kappa shape index (κ3) is 3.50. The van der Waals surface area contributed by atoms with Gasteiger partial charge in [-0.05, 0) is 18.2 Å². The smallest absolute Gasteiger partial charge is 0.418 e. The molecule has 3 N–H and O–H groups in total. The first kappa shape index (κ1) is 15.5. The van der Waals surface area contributed by atoms with Gasteiger partial charge >= 0.3 is 12.1 Å². The van der Waals surface area contributed by atoms with Crippen molar-refractivity contribution in [3.8, 4) is 0 Å². The number of nitrogen functional groups attached to an aromatic ring is 1. The van der Waals surface area contributed by atoms with Crippen LogP contribution in [0.15, 0.2) is 18.2 Å². The molecule has 0 saturated heterocycles. The SMILES string of the molecule is COC(=O)c1ccc(NN)c(C(F)(F)F)c1.Cl. The van der Waals surface area contributed by atoms with Crippen LogP contribution in [0.2, 0.25) is 0 Å². The number of halogens is 4. The number of rotatable bonds is 2. The molecular weight excluding hydrogens is 261 g/mol. The number of hydrogen-bond acceptors (Lipinski definition) is 4. The van der Waals surface area contributed by atoms with Crippen LogP contribution in [-0.2, 0) is 10.9 Å². The molecule has 0 fully saturated rings. The summed E-state index contributed by atoms with van der Waals surface area (Å²) in [6.45, 7) is 0. The van der Waals surface area contributed by atoms with Crippen LogP contribution in [0, 0.1) is 0 Å². The third-order valence-corrected chi connectivity index (χ3v) is 1.90. The van der Waals surface area contributed by atoms with E-state index in [0.717, 1.165) is 13.2 Å². The zero-order valence-corrected chi connectivity index (χ0v) is 9.48. The van der Waals surface area contributed by atoms with Crippen molar-refractivity contribution in [3.63, 3.8) is 0 Å². The number of anilines is 1. The van der Waals surface area contributed by atoms with E-state index in [9.17, 15) is 18.0 Å². The lowest BCUT2D eigenvalue weighted by Gasteiger charge is -2.13. The van der Waals surface area contributed by atoms with Gasteiger partial charge in [-0.2, -0.15) is 13.2 Å². The first-order chi connectivity index (χ1) is 7.40. The van der Waals surface area contributed by atoms with Crippen molar-refractivity contribution in [1.29, 1.82) is 0 Å². The number of hydrogen-bond donors (Lipinski definition) is 2. The lowest BCUT2D eigenvalue weighted by atomic mass is 10.1. The second-order valence-corrected chi connectivity index (χ2v) is 2.89. The van der Waals surface area contributed by atoms with Crippen LogP contribution in [0.3, 0.4) is 0 Å². The molecule has 0 aliphatic carbocycles. The standard InChI is InChI=1S/C9H9F3N2O2.ClH/c1-16-8(15)5-2-3-7(14-13)6(4-5)9(10,11)12;/h2-4,14H,13H2,1H3;1H. The van der Waals surface area contributed by atoms with Gasteiger partial charge in [-0.1, -0.05) is 0 Å². The van der Waals surface area contributed by atoms with E-state index >= 15 is 0 Å². The molecule has 0 aliphatic rings. The summed E-state index contributed by atoms with van der Waals surface area (Å²) in [5, 5.41) is 0. The van der Waals surface area contributed by atoms with Crippen LogP contribution in [0.5, 0.6) is 0 Å². The van der Waals surface area contributed by atoms with Gasteiger partial charge in [0, 0.05) is 0 Å². The summed E-state index contributed by atoms with van der Waals surface area (Å²) >= 11 is 0. The highest BCUT2D eigenvalue weighted by molar-refractivity contribution is 5.90. The van der Waals surface area contributed by atoms with E-state index in [4.69, 9.17) is 5.84 Å². The van der Waals surface area contributed by atoms with Gasteiger partial charge in [-0.25, -0.2) is 4.79 Å². The van der Waals surface area contributed by atoms with Gasteiger partial charge < -0.3 is 10.2 Å². The largest absolute Gasteiger partial charge is 0.465 e. The number of benzene rings is 1. The van der Waals surface area contributed by atoms with Crippen LogP contribution in [-0.4, -0.2) is 13.1 Å². The molecule has 0 amide bonds. The molecule has 17 heavy (non-hydrogen) atoms. The fraction of sp³-hybridized carbons (Fsp3) is 0.222. The highest BCUT2D eigenvalue weighted by Crippen LogP contribution is 2.35. The van der Waals surface area contributed by atoms with Gasteiger partial charge in [0.15, 0.2) is 0 Å².